The molecule has 0 bridgehead atoms. The van der Waals surface area contributed by atoms with Crippen LogP contribution in [0.4, 0.5) is 0 Å². The third kappa shape index (κ3) is 2.22. The molecular weight excluding hydrogens is 304 g/mol. The van der Waals surface area contributed by atoms with Crippen LogP contribution in [0.1, 0.15) is 91.9 Å². The maximum Gasteiger partial charge on any atom is 0.0673 e. The summed E-state index contributed by atoms with van der Waals surface area (Å²) in [6.45, 7) is 18.8. The van der Waals surface area contributed by atoms with Crippen molar-refractivity contribution in [3.63, 3.8) is 0 Å². The Bertz CT molecular complexity index is 534. The van der Waals surface area contributed by atoms with Crippen LogP contribution < -0.4 is 5.32 Å². The maximum atomic E-state index is 4.72. The molecule has 25 heavy (non-hydrogen) atoms. The van der Waals surface area contributed by atoms with Gasteiger partial charge in [-0.25, -0.2) is 0 Å². The highest BCUT2D eigenvalue weighted by molar-refractivity contribution is 5.62. The molecule has 3 fully saturated rings. The molecule has 2 heteroatoms. The molecule has 0 atom stereocenters. The highest BCUT2D eigenvalue weighted by Gasteiger charge is 2.67. The lowest BCUT2D eigenvalue weighted by atomic mass is 9.47. The Morgan fingerprint density at radius 3 is 1.92 bits per heavy atom. The van der Waals surface area contributed by atoms with Crippen molar-refractivity contribution in [1.29, 1.82) is 0 Å². The molecule has 0 radical (unpaired) electrons. The van der Waals surface area contributed by atoms with Gasteiger partial charge in [0.15, 0.2) is 0 Å². The zero-order valence-electron chi connectivity index (χ0n) is 17.4. The zero-order valence-corrected chi connectivity index (χ0v) is 17.4. The van der Waals surface area contributed by atoms with Gasteiger partial charge in [-0.3, -0.25) is 10.2 Å². The molecule has 142 valence electrons. The number of rotatable bonds is 4. The van der Waals surface area contributed by atoms with Crippen molar-refractivity contribution in [2.75, 3.05) is 7.05 Å². The molecule has 2 aliphatic heterocycles. The number of hydrogen-bond acceptors (Lipinski definition) is 2. The minimum Gasteiger partial charge on any atom is -0.299 e. The molecule has 0 aromatic heterocycles. The van der Waals surface area contributed by atoms with Crippen LogP contribution in [0, 0.1) is 0 Å². The minimum atomic E-state index is -0.0108. The Morgan fingerprint density at radius 1 is 0.840 bits per heavy atom. The van der Waals surface area contributed by atoms with Crippen LogP contribution in [0.25, 0.3) is 0 Å². The Labute approximate surface area is 156 Å². The van der Waals surface area contributed by atoms with Gasteiger partial charge in [0.2, 0.25) is 0 Å². The number of nitrogens with one attached hydrogen (secondary N) is 1. The van der Waals surface area contributed by atoms with Crippen LogP contribution in [0.2, 0.25) is 0 Å². The van der Waals surface area contributed by atoms with E-state index >= 15 is 0 Å². The molecule has 2 heterocycles. The van der Waals surface area contributed by atoms with Crippen molar-refractivity contribution in [3.05, 3.63) is 24.3 Å². The summed E-state index contributed by atoms with van der Waals surface area (Å²) in [5.41, 5.74) is 3.44. The fourth-order valence-corrected chi connectivity index (χ4v) is 6.71. The SMILES string of the molecule is C=C1C2(CCCC(CC)(CC)N2)C(=C)C12CCCC(CC)(CC)N2C. The predicted molar refractivity (Wildman–Crippen MR) is 109 cm³/mol. The van der Waals surface area contributed by atoms with Crippen LogP contribution in [-0.2, 0) is 0 Å². The molecule has 1 aliphatic carbocycles. The van der Waals surface area contributed by atoms with Crippen molar-refractivity contribution in [1.82, 2.24) is 10.2 Å². The van der Waals surface area contributed by atoms with E-state index in [1.807, 2.05) is 0 Å². The first-order valence-corrected chi connectivity index (χ1v) is 10.8. The minimum absolute atomic E-state index is 0.0108. The average molecular weight is 345 g/mol. The topological polar surface area (TPSA) is 15.3 Å². The fraction of sp³-hybridized carbons (Fsp3) is 0.826. The van der Waals surface area contributed by atoms with Gasteiger partial charge >= 0.3 is 0 Å². The molecule has 0 unspecified atom stereocenters. The van der Waals surface area contributed by atoms with Crippen LogP contribution in [0.5, 0.6) is 0 Å². The normalized spacial score (nSPS) is 37.5. The van der Waals surface area contributed by atoms with E-state index in [0.717, 1.165) is 0 Å². The van der Waals surface area contributed by atoms with Crippen molar-refractivity contribution >= 4 is 0 Å². The smallest absolute Gasteiger partial charge is 0.0673 e. The van der Waals surface area contributed by atoms with Crippen molar-refractivity contribution in [3.8, 4) is 0 Å². The van der Waals surface area contributed by atoms with Crippen molar-refractivity contribution in [2.24, 2.45) is 0 Å². The standard InChI is InChI=1S/C23H40N2/c1-8-20(9-2)14-12-16-22(24-20)18(5)23(19(22)6)17-13-15-21(10-3,11-4)25(23)7/h24H,5-6,8-17H2,1-4,7H3. The van der Waals surface area contributed by atoms with Gasteiger partial charge in [0, 0.05) is 11.1 Å². The second-order valence-corrected chi connectivity index (χ2v) is 9.03. The zero-order chi connectivity index (χ0) is 18.5. The van der Waals surface area contributed by atoms with E-state index in [-0.39, 0.29) is 16.6 Å². The van der Waals surface area contributed by atoms with Crippen LogP contribution in [-0.4, -0.2) is 34.1 Å². The largest absolute Gasteiger partial charge is 0.299 e. The van der Waals surface area contributed by atoms with E-state index in [2.05, 4.69) is 45.0 Å². The van der Waals surface area contributed by atoms with Crippen LogP contribution in [0.15, 0.2) is 24.3 Å². The molecule has 1 saturated carbocycles. The molecule has 3 aliphatic rings. The van der Waals surface area contributed by atoms with Gasteiger partial charge < -0.3 is 0 Å². The molecule has 1 N–H and O–H groups in total. The third-order valence-electron chi connectivity index (χ3n) is 8.85. The first kappa shape index (κ1) is 19.2. The van der Waals surface area contributed by atoms with Gasteiger partial charge in [-0.1, -0.05) is 40.9 Å². The summed E-state index contributed by atoms with van der Waals surface area (Å²) in [5.74, 6) is 0. The summed E-state index contributed by atoms with van der Waals surface area (Å²) < 4.78 is 0. The van der Waals surface area contributed by atoms with E-state index in [9.17, 15) is 0 Å². The molecule has 2 saturated heterocycles. The molecular formula is C23H40N2. The Kier molecular flexibility index (Phi) is 4.78. The molecule has 0 aromatic carbocycles. The van der Waals surface area contributed by atoms with Crippen LogP contribution >= 0.6 is 0 Å². The van der Waals surface area contributed by atoms with Crippen molar-refractivity contribution < 1.29 is 0 Å². The second kappa shape index (κ2) is 6.23. The van der Waals surface area contributed by atoms with E-state index in [1.165, 1.54) is 75.4 Å². The molecule has 2 spiro atoms. The molecule has 2 nitrogen and oxygen atoms in total. The summed E-state index contributed by atoms with van der Waals surface area (Å²) in [6, 6.07) is 0. The summed E-state index contributed by atoms with van der Waals surface area (Å²) >= 11 is 0. The summed E-state index contributed by atoms with van der Waals surface area (Å²) in [5, 5.41) is 4.11. The lowest BCUT2D eigenvalue weighted by Crippen LogP contribution is -2.80. The maximum absolute atomic E-state index is 4.72. The molecule has 0 aromatic rings. The van der Waals surface area contributed by atoms with E-state index in [0.29, 0.717) is 5.54 Å². The Morgan fingerprint density at radius 2 is 1.40 bits per heavy atom. The third-order valence-corrected chi connectivity index (χ3v) is 8.85. The van der Waals surface area contributed by atoms with E-state index < -0.39 is 0 Å². The summed E-state index contributed by atoms with van der Waals surface area (Å²) in [7, 11) is 2.35. The number of piperidine rings is 2. The number of nitrogens with zero attached hydrogens (tertiary/aromatic N) is 1. The van der Waals surface area contributed by atoms with Gasteiger partial charge in [0.1, 0.15) is 0 Å². The summed E-state index contributed by atoms with van der Waals surface area (Å²) in [6.07, 6.45) is 12.4. The van der Waals surface area contributed by atoms with Crippen LogP contribution in [0.3, 0.4) is 0 Å². The van der Waals surface area contributed by atoms with Gasteiger partial charge in [-0.2, -0.15) is 0 Å². The molecule has 3 rings (SSSR count). The number of likely N-dealkylation sites (N-methyl/N-ethyl adjacent to an activating group) is 1. The fourth-order valence-electron chi connectivity index (χ4n) is 6.71. The number of hydrogen-bond donors (Lipinski definition) is 1. The lowest BCUT2D eigenvalue weighted by molar-refractivity contribution is -0.0551. The van der Waals surface area contributed by atoms with Gasteiger partial charge in [0.05, 0.1) is 11.1 Å². The quantitative estimate of drug-likeness (QED) is 0.668. The second-order valence-electron chi connectivity index (χ2n) is 9.03. The Balaban J connectivity index is 1.95. The summed E-state index contributed by atoms with van der Waals surface area (Å²) in [4.78, 5) is 2.69. The van der Waals surface area contributed by atoms with E-state index in [4.69, 9.17) is 13.2 Å². The first-order valence-electron chi connectivity index (χ1n) is 10.8. The van der Waals surface area contributed by atoms with Gasteiger partial charge in [-0.15, -0.1) is 0 Å². The van der Waals surface area contributed by atoms with Gasteiger partial charge in [0.25, 0.3) is 0 Å². The highest BCUT2D eigenvalue weighted by atomic mass is 15.3. The van der Waals surface area contributed by atoms with E-state index in [1.54, 1.807) is 0 Å². The van der Waals surface area contributed by atoms with Gasteiger partial charge in [-0.05, 0) is 82.4 Å². The number of likely N-dealkylation sites (tertiary alicyclic amines) is 1. The Hall–Kier alpha value is -0.600. The molecule has 0 amide bonds. The monoisotopic (exact) mass is 344 g/mol. The predicted octanol–water partition coefficient (Wildman–Crippen LogP) is 5.60. The highest BCUT2D eigenvalue weighted by Crippen LogP contribution is 2.63. The lowest BCUT2D eigenvalue weighted by Gasteiger charge is -2.71. The average Bonchev–Trinajstić information content (AvgIpc) is 2.67. The van der Waals surface area contributed by atoms with Crippen molar-refractivity contribution in [2.45, 2.75) is 114 Å². The first-order chi connectivity index (χ1) is 11.8.